The van der Waals surface area contributed by atoms with Gasteiger partial charge in [0.05, 0.1) is 5.52 Å². The maximum absolute atomic E-state index is 11.9. The minimum atomic E-state index is -0.176. The number of rotatable bonds is 4. The normalized spacial score (nSPS) is 11.2. The summed E-state index contributed by atoms with van der Waals surface area (Å²) in [5, 5.41) is 11.1. The molecule has 0 aliphatic heterocycles. The topological polar surface area (TPSA) is 83.8 Å². The lowest BCUT2D eigenvalue weighted by atomic mass is 10.1. The number of hydrogen-bond donors (Lipinski definition) is 3. The molecule has 0 fully saturated rings. The highest BCUT2D eigenvalue weighted by molar-refractivity contribution is 6.30. The van der Waals surface area contributed by atoms with Gasteiger partial charge in [-0.15, -0.1) is 0 Å². The molecule has 0 radical (unpaired) electrons. The number of nitrogens with one attached hydrogen (secondary N) is 2. The zero-order valence-corrected chi connectivity index (χ0v) is 13.0. The molecular formula is C17H15ClN4O. The number of anilines is 1. The summed E-state index contributed by atoms with van der Waals surface area (Å²) in [6, 6.07) is 13.0. The minimum Gasteiger partial charge on any atom is -0.382 e. The van der Waals surface area contributed by atoms with E-state index in [0.717, 1.165) is 22.0 Å². The van der Waals surface area contributed by atoms with E-state index in [2.05, 4.69) is 15.5 Å². The number of hydrogen-bond acceptors (Lipinski definition) is 3. The second-order valence-corrected chi connectivity index (χ2v) is 5.53. The van der Waals surface area contributed by atoms with Crippen LogP contribution in [0.5, 0.6) is 0 Å². The van der Waals surface area contributed by atoms with Gasteiger partial charge in [0.1, 0.15) is 0 Å². The van der Waals surface area contributed by atoms with Gasteiger partial charge in [0, 0.05) is 23.0 Å². The van der Waals surface area contributed by atoms with Crippen molar-refractivity contribution in [3.05, 3.63) is 64.7 Å². The van der Waals surface area contributed by atoms with Crippen molar-refractivity contribution in [2.75, 3.05) is 5.73 Å². The number of aromatic nitrogens is 2. The Morgan fingerprint density at radius 1 is 1.30 bits per heavy atom. The van der Waals surface area contributed by atoms with Gasteiger partial charge >= 0.3 is 0 Å². The first-order valence-electron chi connectivity index (χ1n) is 7.06. The molecule has 1 amide bonds. The fourth-order valence-corrected chi connectivity index (χ4v) is 2.44. The number of nitrogens with zero attached hydrogens (tertiary/aromatic N) is 1. The van der Waals surface area contributed by atoms with E-state index in [9.17, 15) is 4.79 Å². The van der Waals surface area contributed by atoms with E-state index < -0.39 is 0 Å². The molecule has 3 aromatic rings. The fourth-order valence-electron chi connectivity index (χ4n) is 2.22. The first kappa shape index (κ1) is 15.1. The third kappa shape index (κ3) is 3.70. The van der Waals surface area contributed by atoms with Gasteiger partial charge in [0.2, 0.25) is 5.91 Å². The summed E-state index contributed by atoms with van der Waals surface area (Å²) < 4.78 is 0. The molecule has 0 atom stereocenters. The van der Waals surface area contributed by atoms with E-state index in [0.29, 0.717) is 17.4 Å². The number of nitrogens with two attached hydrogens (primary N) is 1. The summed E-state index contributed by atoms with van der Waals surface area (Å²) in [7, 11) is 0. The molecule has 0 aliphatic rings. The highest BCUT2D eigenvalue weighted by Crippen LogP contribution is 2.19. The van der Waals surface area contributed by atoms with Gasteiger partial charge in [0.15, 0.2) is 5.82 Å². The van der Waals surface area contributed by atoms with Gasteiger partial charge in [-0.3, -0.25) is 9.89 Å². The molecule has 2 aromatic carbocycles. The average molecular weight is 327 g/mol. The Morgan fingerprint density at radius 2 is 2.17 bits per heavy atom. The van der Waals surface area contributed by atoms with Crippen LogP contribution in [0.1, 0.15) is 11.1 Å². The first-order valence-corrected chi connectivity index (χ1v) is 7.43. The summed E-state index contributed by atoms with van der Waals surface area (Å²) in [5.41, 5.74) is 8.46. The molecule has 0 bridgehead atoms. The maximum atomic E-state index is 11.9. The molecule has 0 saturated heterocycles. The number of aromatic amines is 1. The van der Waals surface area contributed by atoms with Gasteiger partial charge in [-0.2, -0.15) is 5.10 Å². The van der Waals surface area contributed by atoms with Gasteiger partial charge in [-0.25, -0.2) is 0 Å². The Balaban J connectivity index is 1.64. The van der Waals surface area contributed by atoms with Gasteiger partial charge in [-0.05, 0) is 41.5 Å². The number of carbonyl (C=O) groups excluding carboxylic acids is 1. The summed E-state index contributed by atoms with van der Waals surface area (Å²) in [6.07, 6.45) is 3.22. The molecule has 23 heavy (non-hydrogen) atoms. The van der Waals surface area contributed by atoms with Crippen LogP contribution in [0, 0.1) is 0 Å². The SMILES string of the molecule is Nc1n[nH]c2ccc(/C=C/C(=O)NCc3cccc(Cl)c3)cc12. The lowest BCUT2D eigenvalue weighted by Gasteiger charge is -2.03. The summed E-state index contributed by atoms with van der Waals surface area (Å²) in [5.74, 6) is 0.269. The van der Waals surface area contributed by atoms with E-state index in [1.54, 1.807) is 12.1 Å². The molecule has 5 nitrogen and oxygen atoms in total. The van der Waals surface area contributed by atoms with Crippen LogP contribution in [-0.4, -0.2) is 16.1 Å². The number of halogens is 1. The molecule has 4 N–H and O–H groups in total. The van der Waals surface area contributed by atoms with Crippen molar-refractivity contribution >= 4 is 40.3 Å². The van der Waals surface area contributed by atoms with Crippen LogP contribution >= 0.6 is 11.6 Å². The van der Waals surface area contributed by atoms with E-state index >= 15 is 0 Å². The van der Waals surface area contributed by atoms with Crippen molar-refractivity contribution in [2.24, 2.45) is 0 Å². The number of carbonyl (C=O) groups is 1. The zero-order chi connectivity index (χ0) is 16.2. The predicted molar refractivity (Wildman–Crippen MR) is 92.8 cm³/mol. The fraction of sp³-hybridized carbons (Fsp3) is 0.0588. The molecule has 116 valence electrons. The van der Waals surface area contributed by atoms with Crippen LogP contribution < -0.4 is 11.1 Å². The van der Waals surface area contributed by atoms with E-state index in [1.807, 2.05) is 36.4 Å². The van der Waals surface area contributed by atoms with Crippen molar-refractivity contribution < 1.29 is 4.79 Å². The van der Waals surface area contributed by atoms with Crippen LogP contribution in [0.25, 0.3) is 17.0 Å². The van der Waals surface area contributed by atoms with Crippen molar-refractivity contribution in [3.63, 3.8) is 0 Å². The Bertz CT molecular complexity index is 885. The molecule has 0 unspecified atom stereocenters. The average Bonchev–Trinajstić information content (AvgIpc) is 2.92. The third-order valence-electron chi connectivity index (χ3n) is 3.40. The first-order chi connectivity index (χ1) is 11.1. The zero-order valence-electron chi connectivity index (χ0n) is 12.2. The lowest BCUT2D eigenvalue weighted by Crippen LogP contribution is -2.20. The third-order valence-corrected chi connectivity index (χ3v) is 3.63. The van der Waals surface area contributed by atoms with Crippen LogP contribution in [0.2, 0.25) is 5.02 Å². The van der Waals surface area contributed by atoms with E-state index in [4.69, 9.17) is 17.3 Å². The Kier molecular flexibility index (Phi) is 4.30. The largest absolute Gasteiger partial charge is 0.382 e. The number of H-pyrrole nitrogens is 1. The molecular weight excluding hydrogens is 312 g/mol. The second kappa shape index (κ2) is 6.54. The Morgan fingerprint density at radius 3 is 3.00 bits per heavy atom. The highest BCUT2D eigenvalue weighted by atomic mass is 35.5. The van der Waals surface area contributed by atoms with Crippen LogP contribution in [0.3, 0.4) is 0 Å². The number of fused-ring (bicyclic) bond motifs is 1. The molecule has 0 spiro atoms. The Hall–Kier alpha value is -2.79. The maximum Gasteiger partial charge on any atom is 0.244 e. The van der Waals surface area contributed by atoms with Crippen molar-refractivity contribution in [1.82, 2.24) is 15.5 Å². The van der Waals surface area contributed by atoms with Crippen LogP contribution in [0.15, 0.2) is 48.5 Å². The molecule has 0 aliphatic carbocycles. The second-order valence-electron chi connectivity index (χ2n) is 5.09. The molecule has 0 saturated carbocycles. The van der Waals surface area contributed by atoms with Crippen molar-refractivity contribution in [2.45, 2.75) is 6.54 Å². The van der Waals surface area contributed by atoms with E-state index in [1.165, 1.54) is 6.08 Å². The molecule has 1 heterocycles. The number of amides is 1. The summed E-state index contributed by atoms with van der Waals surface area (Å²) in [6.45, 7) is 0.428. The monoisotopic (exact) mass is 326 g/mol. The molecule has 6 heteroatoms. The van der Waals surface area contributed by atoms with E-state index in [-0.39, 0.29) is 5.91 Å². The predicted octanol–water partition coefficient (Wildman–Crippen LogP) is 3.13. The van der Waals surface area contributed by atoms with Gasteiger partial charge in [-0.1, -0.05) is 29.8 Å². The molecule has 3 rings (SSSR count). The standard InChI is InChI=1S/C17H15ClN4O/c18-13-3-1-2-12(8-13)10-20-16(23)7-5-11-4-6-15-14(9-11)17(19)22-21-15/h1-9H,10H2,(H,20,23)(H3,19,21,22)/b7-5+. The Labute approximate surface area is 138 Å². The smallest absolute Gasteiger partial charge is 0.244 e. The van der Waals surface area contributed by atoms with Gasteiger partial charge in [0.25, 0.3) is 0 Å². The minimum absolute atomic E-state index is 0.176. The van der Waals surface area contributed by atoms with Gasteiger partial charge < -0.3 is 11.1 Å². The highest BCUT2D eigenvalue weighted by Gasteiger charge is 2.02. The van der Waals surface area contributed by atoms with Crippen LogP contribution in [0.4, 0.5) is 5.82 Å². The van der Waals surface area contributed by atoms with Crippen LogP contribution in [-0.2, 0) is 11.3 Å². The van der Waals surface area contributed by atoms with Crippen molar-refractivity contribution in [1.29, 1.82) is 0 Å². The number of benzene rings is 2. The lowest BCUT2D eigenvalue weighted by molar-refractivity contribution is -0.116. The molecule has 1 aromatic heterocycles. The summed E-state index contributed by atoms with van der Waals surface area (Å²) >= 11 is 5.91. The summed E-state index contributed by atoms with van der Waals surface area (Å²) in [4.78, 5) is 11.9. The quantitative estimate of drug-likeness (QED) is 0.644. The number of nitrogen functional groups attached to an aromatic ring is 1. The van der Waals surface area contributed by atoms with Crippen molar-refractivity contribution in [3.8, 4) is 0 Å².